The summed E-state index contributed by atoms with van der Waals surface area (Å²) in [6, 6.07) is 57.2. The number of anilines is 1. The molecule has 2 aliphatic rings. The van der Waals surface area contributed by atoms with Crippen LogP contribution in [0, 0.1) is 0 Å². The summed E-state index contributed by atoms with van der Waals surface area (Å²) in [5.74, 6) is -4.35. The summed E-state index contributed by atoms with van der Waals surface area (Å²) in [7, 11) is 1.55. The number of β-lactam (4-membered cyclic amide) rings is 1. The Kier molecular flexibility index (Phi) is 19.1. The van der Waals surface area contributed by atoms with Crippen LogP contribution in [-0.4, -0.2) is 80.5 Å². The number of methoxy groups -OCH3 is 1. The van der Waals surface area contributed by atoms with Crippen LogP contribution in [0.1, 0.15) is 75.6 Å². The van der Waals surface area contributed by atoms with Gasteiger partial charge in [-0.25, -0.2) is 14.6 Å². The minimum Gasteiger partial charge on any atom is -0.497 e. The van der Waals surface area contributed by atoms with E-state index in [1.165, 1.54) is 53.1 Å². The Bertz CT molecular complexity index is 4000. The van der Waals surface area contributed by atoms with Crippen LogP contribution in [0.5, 0.6) is 17.2 Å². The van der Waals surface area contributed by atoms with Crippen LogP contribution >= 0.6 is 34.4 Å². The number of oxime groups is 1. The predicted octanol–water partition coefficient (Wildman–Crippen LogP) is 11.8. The lowest BCUT2D eigenvalue weighted by molar-refractivity contribution is -0.162. The Hall–Kier alpha value is -10.5. The first-order chi connectivity index (χ1) is 43.9. The number of fused-ring (bicyclic) bond motifs is 1. The third-order valence-corrected chi connectivity index (χ3v) is 17.3. The fourth-order valence-electron chi connectivity index (χ4n) is 10.3. The lowest BCUT2D eigenvalue weighted by atomic mass is 9.77. The molecule has 2 N–H and O–H groups in total. The van der Waals surface area contributed by atoms with E-state index in [0.29, 0.717) is 33.1 Å². The average molecular weight is 1260 g/mol. The Labute approximate surface area is 529 Å². The van der Waals surface area contributed by atoms with Crippen LogP contribution in [0.25, 0.3) is 6.08 Å². The van der Waals surface area contributed by atoms with Crippen molar-refractivity contribution in [3.8, 4) is 17.2 Å². The SMILES string of the molecule is COc1ccc(COC(=O)C2=C(/C=C\c3cncs3)CS[C@H]3[C@H](NC(=O)C(=NO[C@@H](C(=O)OC(c4ccccc4)c4ccccc4)c4ccc(OC(C)=O)c(OC(C)=O)c4)c4csc(NC(c5ccccc5)(c5ccccc5)c5ccccc5)n4)C(=O)N23)cc1. The zero-order valence-electron chi connectivity index (χ0n) is 48.5. The lowest BCUT2D eigenvalue weighted by Gasteiger charge is -2.49. The van der Waals surface area contributed by atoms with Crippen LogP contribution < -0.4 is 24.8 Å². The molecule has 0 bridgehead atoms. The lowest BCUT2D eigenvalue weighted by Crippen LogP contribution is -2.71. The summed E-state index contributed by atoms with van der Waals surface area (Å²) in [5.41, 5.74) is 5.11. The minimum absolute atomic E-state index is 0.00339. The van der Waals surface area contributed by atoms with Gasteiger partial charge in [-0.05, 0) is 69.3 Å². The molecule has 18 nitrogen and oxygen atoms in total. The van der Waals surface area contributed by atoms with Crippen LogP contribution in [0.4, 0.5) is 5.13 Å². The van der Waals surface area contributed by atoms with Crippen molar-refractivity contribution in [3.63, 3.8) is 0 Å². The summed E-state index contributed by atoms with van der Waals surface area (Å²) in [6.45, 7) is 2.21. The molecule has 1 saturated heterocycles. The standard InChI is InChI=1S/C69H56N6O12S3/c1-43(76)84-56-36-32-48(37-57(56)85-44(2)77)62(67(81)86-61(46-19-9-4-10-20-46)47-21-11-5-12-22-47)87-74-58(55-41-89-68(71-55)73-69(50-23-13-6-14-24-50,51-25-15-7-16-26-51)52-27-17-8-18-28-52)63(78)72-59-64(79)75-60(66(80)83-39-45-29-33-53(82-3)34-30-45)49(40-88-65(59)75)31-35-54-38-70-42-90-54/h4-38,41-42,59,61-62,65H,39-40H2,1-3H3,(H,71,73)(H,72,78)/b35-31-,74-58?/t59-,62-,65+/m1/s1. The molecule has 21 heteroatoms. The van der Waals surface area contributed by atoms with Gasteiger partial charge in [-0.1, -0.05) is 181 Å². The van der Waals surface area contributed by atoms with Crippen molar-refractivity contribution in [2.45, 2.75) is 49.6 Å². The molecule has 0 radical (unpaired) electrons. The monoisotopic (exact) mass is 1260 g/mol. The molecule has 0 spiro atoms. The number of hydrogen-bond acceptors (Lipinski definition) is 19. The van der Waals surface area contributed by atoms with Gasteiger partial charge in [0.1, 0.15) is 40.7 Å². The molecule has 0 unspecified atom stereocenters. The van der Waals surface area contributed by atoms with E-state index in [4.69, 9.17) is 33.5 Å². The molecule has 90 heavy (non-hydrogen) atoms. The van der Waals surface area contributed by atoms with Gasteiger partial charge in [-0.2, -0.15) is 0 Å². The van der Waals surface area contributed by atoms with E-state index in [0.717, 1.165) is 39.8 Å². The van der Waals surface area contributed by atoms with Crippen LogP contribution in [0.15, 0.2) is 234 Å². The summed E-state index contributed by atoms with van der Waals surface area (Å²) >= 11 is 3.87. The minimum atomic E-state index is -1.84. The first-order valence-electron chi connectivity index (χ1n) is 28.2. The molecular weight excluding hydrogens is 1200 g/mol. The van der Waals surface area contributed by atoms with Crippen molar-refractivity contribution in [2.24, 2.45) is 5.16 Å². The van der Waals surface area contributed by atoms with Crippen LogP contribution in [0.3, 0.4) is 0 Å². The molecule has 0 saturated carbocycles. The normalized spacial score (nSPS) is 15.0. The van der Waals surface area contributed by atoms with Gasteiger partial charge in [0.15, 0.2) is 28.4 Å². The fraction of sp³-hybridized carbons (Fsp3) is 0.145. The molecule has 1 fully saturated rings. The number of ether oxygens (including phenoxy) is 5. The second-order valence-corrected chi connectivity index (χ2v) is 23.2. The highest BCUT2D eigenvalue weighted by molar-refractivity contribution is 8.00. The number of aromatic nitrogens is 2. The third kappa shape index (κ3) is 13.8. The first-order valence-corrected chi connectivity index (χ1v) is 31.0. The number of carbonyl (C=O) groups excluding carboxylic acids is 6. The number of allylic oxidation sites excluding steroid dienone is 1. The van der Waals surface area contributed by atoms with Gasteiger partial charge < -0.3 is 39.2 Å². The number of thiazole rings is 2. The molecule has 7 aromatic carbocycles. The van der Waals surface area contributed by atoms with Crippen LogP contribution in [-0.2, 0) is 55.2 Å². The van der Waals surface area contributed by atoms with E-state index in [2.05, 4.69) is 20.8 Å². The molecular formula is C69H56N6O12S3. The summed E-state index contributed by atoms with van der Waals surface area (Å²) < 4.78 is 28.4. The molecule has 3 atom stereocenters. The number of nitrogens with zero attached hydrogens (tertiary/aromatic N) is 4. The van der Waals surface area contributed by atoms with Gasteiger partial charge in [-0.15, -0.1) is 34.4 Å². The fourth-order valence-corrected chi connectivity index (χ4v) is 12.8. The number of benzene rings is 7. The molecule has 2 amide bonds. The van der Waals surface area contributed by atoms with Crippen molar-refractivity contribution >= 4 is 87.0 Å². The van der Waals surface area contributed by atoms with Crippen molar-refractivity contribution in [3.05, 3.63) is 278 Å². The van der Waals surface area contributed by atoms with Gasteiger partial charge in [-0.3, -0.25) is 29.1 Å². The molecule has 2 aromatic heterocycles. The summed E-state index contributed by atoms with van der Waals surface area (Å²) in [6.07, 6.45) is 2.39. The van der Waals surface area contributed by atoms with Gasteiger partial charge >= 0.3 is 23.9 Å². The van der Waals surface area contributed by atoms with E-state index < -0.39 is 70.6 Å². The molecule has 2 aliphatic heterocycles. The first kappa shape index (κ1) is 61.2. The second kappa shape index (κ2) is 28.1. The Morgan fingerprint density at radius 1 is 0.711 bits per heavy atom. The quantitative estimate of drug-likeness (QED) is 0.0152. The number of hydrogen-bond donors (Lipinski definition) is 2. The molecule has 4 heterocycles. The Morgan fingerprint density at radius 2 is 1.30 bits per heavy atom. The van der Waals surface area contributed by atoms with Crippen LogP contribution in [0.2, 0.25) is 0 Å². The van der Waals surface area contributed by atoms with Gasteiger partial charge in [0.2, 0.25) is 6.10 Å². The molecule has 9 aromatic rings. The maximum absolute atomic E-state index is 15.4. The van der Waals surface area contributed by atoms with E-state index in [1.807, 2.05) is 103 Å². The van der Waals surface area contributed by atoms with Gasteiger partial charge in [0.05, 0.1) is 12.6 Å². The summed E-state index contributed by atoms with van der Waals surface area (Å²) in [4.78, 5) is 102. The number of nitrogens with one attached hydrogen (secondary N) is 2. The van der Waals surface area contributed by atoms with Crippen molar-refractivity contribution in [2.75, 3.05) is 18.2 Å². The largest absolute Gasteiger partial charge is 0.497 e. The maximum Gasteiger partial charge on any atom is 0.355 e. The van der Waals surface area contributed by atoms with E-state index in [1.54, 1.807) is 109 Å². The Morgan fingerprint density at radius 3 is 1.87 bits per heavy atom. The third-order valence-electron chi connectivity index (χ3n) is 14.5. The molecule has 0 aliphatic carbocycles. The van der Waals surface area contributed by atoms with E-state index in [-0.39, 0.29) is 40.8 Å². The van der Waals surface area contributed by atoms with E-state index >= 15 is 9.59 Å². The zero-order chi connectivity index (χ0) is 62.6. The highest BCUT2D eigenvalue weighted by atomic mass is 32.2. The number of carbonyl (C=O) groups is 6. The maximum atomic E-state index is 15.4. The average Bonchev–Trinajstić information content (AvgIpc) is 0.762. The summed E-state index contributed by atoms with van der Waals surface area (Å²) in [5, 5.41) is 12.2. The second-order valence-electron chi connectivity index (χ2n) is 20.4. The zero-order valence-corrected chi connectivity index (χ0v) is 50.9. The number of amides is 2. The van der Waals surface area contributed by atoms with Gasteiger partial charge in [0, 0.05) is 41.6 Å². The van der Waals surface area contributed by atoms with Crippen molar-refractivity contribution in [1.82, 2.24) is 20.2 Å². The topological polar surface area (TPSA) is 223 Å². The number of esters is 4. The number of rotatable bonds is 23. The highest BCUT2D eigenvalue weighted by Crippen LogP contribution is 2.44. The van der Waals surface area contributed by atoms with Crippen molar-refractivity contribution < 1.29 is 57.3 Å². The highest BCUT2D eigenvalue weighted by Gasteiger charge is 2.55. The van der Waals surface area contributed by atoms with Gasteiger partial charge in [0.25, 0.3) is 11.8 Å². The smallest absolute Gasteiger partial charge is 0.355 e. The predicted molar refractivity (Wildman–Crippen MR) is 341 cm³/mol. The van der Waals surface area contributed by atoms with Crippen molar-refractivity contribution in [1.29, 1.82) is 0 Å². The van der Waals surface area contributed by atoms with E-state index in [9.17, 15) is 19.2 Å². The Balaban J connectivity index is 0.990. The number of thioether (sulfide) groups is 1. The molecule has 452 valence electrons. The molecule has 11 rings (SSSR count).